The van der Waals surface area contributed by atoms with E-state index in [1.54, 1.807) is 18.3 Å². The topological polar surface area (TPSA) is 58.6 Å². The number of fused-ring (bicyclic) bond motifs is 1. The summed E-state index contributed by atoms with van der Waals surface area (Å²) in [6.45, 7) is 6.99. The van der Waals surface area contributed by atoms with Gasteiger partial charge in [-0.15, -0.1) is 11.3 Å². The Morgan fingerprint density at radius 2 is 1.67 bits per heavy atom. The van der Waals surface area contributed by atoms with E-state index in [4.69, 9.17) is 9.84 Å². The molecule has 3 aromatic carbocycles. The van der Waals surface area contributed by atoms with E-state index in [-0.39, 0.29) is 6.10 Å². The van der Waals surface area contributed by atoms with Gasteiger partial charge in [0, 0.05) is 16.7 Å². The van der Waals surface area contributed by atoms with Gasteiger partial charge in [-0.1, -0.05) is 80.6 Å². The molecule has 5 heteroatoms. The van der Waals surface area contributed by atoms with Gasteiger partial charge in [-0.2, -0.15) is 0 Å². The van der Waals surface area contributed by atoms with Gasteiger partial charge in [-0.3, -0.25) is 4.79 Å². The quantitative estimate of drug-likeness (QED) is 0.233. The molecule has 4 rings (SSSR count). The van der Waals surface area contributed by atoms with Crippen LogP contribution in [0.2, 0.25) is 0 Å². The third-order valence-electron chi connectivity index (χ3n) is 6.03. The molecule has 0 spiro atoms. The molecule has 2 N–H and O–H groups in total. The Hall–Kier alpha value is -3.15. The maximum Gasteiger partial charge on any atom is 0.310 e. The van der Waals surface area contributed by atoms with Crippen molar-refractivity contribution >= 4 is 28.1 Å². The van der Waals surface area contributed by atoms with Gasteiger partial charge in [0.05, 0.1) is 5.92 Å². The molecule has 0 aliphatic heterocycles. The van der Waals surface area contributed by atoms with Crippen molar-refractivity contribution in [3.05, 3.63) is 100 Å². The van der Waals surface area contributed by atoms with Gasteiger partial charge < -0.3 is 15.2 Å². The van der Waals surface area contributed by atoms with E-state index in [1.807, 2.05) is 31.3 Å². The van der Waals surface area contributed by atoms with Crippen LogP contribution in [-0.2, 0) is 11.2 Å². The summed E-state index contributed by atoms with van der Waals surface area (Å²) in [6.07, 6.45) is 2.10. The van der Waals surface area contributed by atoms with Gasteiger partial charge in [-0.05, 0) is 66.9 Å². The second kappa shape index (κ2) is 13.8. The number of carbonyl (C=O) groups is 1. The van der Waals surface area contributed by atoms with Crippen molar-refractivity contribution in [2.24, 2.45) is 5.92 Å². The van der Waals surface area contributed by atoms with Crippen LogP contribution in [0.1, 0.15) is 55.2 Å². The van der Waals surface area contributed by atoms with Crippen molar-refractivity contribution in [3.8, 4) is 5.75 Å². The zero-order valence-corrected chi connectivity index (χ0v) is 22.4. The standard InChI is InChI=1S/C18H19NOS.C13H18O2/c1-19-12-11-17(18-10-5-13-21-18)20-16-9-4-7-14-6-2-3-8-15(14)16;1-9(2)8-11-4-6-12(7-5-11)10(3)13(14)15/h2-10,13,17,19H,11-12H2,1H3;4-7,9-10H,8H2,1-3H3,(H,14,15)/t17-;/m0./s1. The fourth-order valence-electron chi connectivity index (χ4n) is 4.02. The van der Waals surface area contributed by atoms with E-state index in [1.165, 1.54) is 21.2 Å². The molecule has 36 heavy (non-hydrogen) atoms. The maximum absolute atomic E-state index is 10.8. The fraction of sp³-hybridized carbons (Fsp3) is 0.323. The lowest BCUT2D eigenvalue weighted by atomic mass is 9.97. The molecule has 0 aliphatic carbocycles. The van der Waals surface area contributed by atoms with Crippen LogP contribution in [0.15, 0.2) is 84.2 Å². The lowest BCUT2D eigenvalue weighted by Crippen LogP contribution is -2.15. The monoisotopic (exact) mass is 503 g/mol. The number of nitrogens with one attached hydrogen (secondary N) is 1. The number of benzene rings is 3. The summed E-state index contributed by atoms with van der Waals surface area (Å²) in [5.41, 5.74) is 2.14. The van der Waals surface area contributed by atoms with Crippen molar-refractivity contribution in [3.63, 3.8) is 0 Å². The molecule has 0 radical (unpaired) electrons. The first-order chi connectivity index (χ1) is 17.4. The first-order valence-corrected chi connectivity index (χ1v) is 13.4. The molecule has 1 aromatic heterocycles. The van der Waals surface area contributed by atoms with Crippen molar-refractivity contribution in [2.75, 3.05) is 13.6 Å². The molecule has 0 fully saturated rings. The Morgan fingerprint density at radius 1 is 0.944 bits per heavy atom. The van der Waals surface area contributed by atoms with Crippen LogP contribution in [0.5, 0.6) is 5.75 Å². The smallest absolute Gasteiger partial charge is 0.310 e. The summed E-state index contributed by atoms with van der Waals surface area (Å²) in [5, 5.41) is 16.6. The second-order valence-electron chi connectivity index (χ2n) is 9.39. The number of aliphatic carboxylic acids is 1. The lowest BCUT2D eigenvalue weighted by Gasteiger charge is -2.19. The molecule has 190 valence electrons. The Balaban J connectivity index is 0.000000214. The van der Waals surface area contributed by atoms with Crippen molar-refractivity contribution in [1.82, 2.24) is 5.32 Å². The number of carboxylic acid groups (broad SMARTS) is 1. The summed E-state index contributed by atoms with van der Waals surface area (Å²) < 4.78 is 6.34. The molecule has 0 amide bonds. The normalized spacial score (nSPS) is 12.6. The van der Waals surface area contributed by atoms with Crippen molar-refractivity contribution in [2.45, 2.75) is 45.6 Å². The summed E-state index contributed by atoms with van der Waals surface area (Å²) in [7, 11) is 1.98. The minimum atomic E-state index is -0.772. The number of hydrogen-bond acceptors (Lipinski definition) is 4. The van der Waals surface area contributed by atoms with Gasteiger partial charge in [0.1, 0.15) is 11.9 Å². The average Bonchev–Trinajstić information content (AvgIpc) is 3.42. The zero-order chi connectivity index (χ0) is 25.9. The summed E-state index contributed by atoms with van der Waals surface area (Å²) in [4.78, 5) is 12.0. The van der Waals surface area contributed by atoms with Gasteiger partial charge in [-0.25, -0.2) is 0 Å². The highest BCUT2D eigenvalue weighted by Crippen LogP contribution is 2.32. The Bertz CT molecular complexity index is 1200. The maximum atomic E-state index is 10.8. The molecule has 0 aliphatic rings. The third-order valence-corrected chi connectivity index (χ3v) is 6.99. The molecular formula is C31H37NO3S. The summed E-state index contributed by atoms with van der Waals surface area (Å²) >= 11 is 1.75. The second-order valence-corrected chi connectivity index (χ2v) is 10.4. The van der Waals surface area contributed by atoms with Crippen LogP contribution >= 0.6 is 11.3 Å². The molecule has 0 saturated carbocycles. The predicted molar refractivity (Wildman–Crippen MR) is 151 cm³/mol. The zero-order valence-electron chi connectivity index (χ0n) is 21.6. The first-order valence-electron chi connectivity index (χ1n) is 12.5. The van der Waals surface area contributed by atoms with E-state index in [9.17, 15) is 4.79 Å². The Kier molecular flexibility index (Phi) is 10.5. The van der Waals surface area contributed by atoms with Crippen molar-refractivity contribution < 1.29 is 14.6 Å². The van der Waals surface area contributed by atoms with Crippen LogP contribution in [0.25, 0.3) is 10.8 Å². The molecule has 0 bridgehead atoms. The molecule has 1 unspecified atom stereocenters. The SMILES string of the molecule is CC(C)Cc1ccc(C(C)C(=O)O)cc1.CNCC[C@H](Oc1cccc2ccccc12)c1cccs1. The molecule has 1 heterocycles. The van der Waals surface area contributed by atoms with Gasteiger partial charge in [0.15, 0.2) is 0 Å². The number of rotatable bonds is 10. The van der Waals surface area contributed by atoms with Gasteiger partial charge in [0.2, 0.25) is 0 Å². The number of thiophene rings is 1. The molecule has 4 aromatic rings. The van der Waals surface area contributed by atoms with E-state index >= 15 is 0 Å². The molecular weight excluding hydrogens is 466 g/mol. The van der Waals surface area contributed by atoms with Gasteiger partial charge >= 0.3 is 5.97 Å². The number of carboxylic acids is 1. The summed E-state index contributed by atoms with van der Waals surface area (Å²) in [6, 6.07) is 26.7. The van der Waals surface area contributed by atoms with Crippen LogP contribution in [-0.4, -0.2) is 24.7 Å². The lowest BCUT2D eigenvalue weighted by molar-refractivity contribution is -0.138. The molecule has 4 nitrogen and oxygen atoms in total. The van der Waals surface area contributed by atoms with Gasteiger partial charge in [0.25, 0.3) is 0 Å². The van der Waals surface area contributed by atoms with E-state index in [0.29, 0.717) is 5.92 Å². The van der Waals surface area contributed by atoms with Crippen LogP contribution in [0.4, 0.5) is 0 Å². The molecule has 0 saturated heterocycles. The van der Waals surface area contributed by atoms with Crippen LogP contribution < -0.4 is 10.1 Å². The highest BCUT2D eigenvalue weighted by molar-refractivity contribution is 7.10. The van der Waals surface area contributed by atoms with E-state index in [0.717, 1.165) is 30.7 Å². The first kappa shape index (κ1) is 27.4. The minimum absolute atomic E-state index is 0.100. The molecule has 2 atom stereocenters. The largest absolute Gasteiger partial charge is 0.484 e. The van der Waals surface area contributed by atoms with Crippen LogP contribution in [0, 0.1) is 5.92 Å². The average molecular weight is 504 g/mol. The highest BCUT2D eigenvalue weighted by Gasteiger charge is 2.15. The third kappa shape index (κ3) is 7.94. The highest BCUT2D eigenvalue weighted by atomic mass is 32.1. The fourth-order valence-corrected chi connectivity index (χ4v) is 4.81. The summed E-state index contributed by atoms with van der Waals surface area (Å²) in [5.74, 6) is 0.403. The minimum Gasteiger partial charge on any atom is -0.484 e. The predicted octanol–water partition coefficient (Wildman–Crippen LogP) is 7.70. The Morgan fingerprint density at radius 3 is 2.31 bits per heavy atom. The Labute approximate surface area is 219 Å². The van der Waals surface area contributed by atoms with Crippen LogP contribution in [0.3, 0.4) is 0 Å². The van der Waals surface area contributed by atoms with E-state index in [2.05, 4.69) is 79.1 Å². The van der Waals surface area contributed by atoms with Crippen molar-refractivity contribution in [1.29, 1.82) is 0 Å². The van der Waals surface area contributed by atoms with E-state index < -0.39 is 11.9 Å². The number of hydrogen-bond donors (Lipinski definition) is 2. The number of ether oxygens (including phenoxy) is 1.